The molecule has 19 heavy (non-hydrogen) atoms. The van der Waals surface area contributed by atoms with Crippen molar-refractivity contribution in [3.8, 4) is 11.5 Å². The Morgan fingerprint density at radius 3 is 2.47 bits per heavy atom. The molecule has 1 heterocycles. The average Bonchev–Trinajstić information content (AvgIpc) is 3.02. The highest BCUT2D eigenvalue weighted by Crippen LogP contribution is 2.45. The molecule has 0 saturated heterocycles. The molecule has 1 aromatic rings. The van der Waals surface area contributed by atoms with Gasteiger partial charge in [0.15, 0.2) is 11.5 Å². The van der Waals surface area contributed by atoms with Gasteiger partial charge in [-0.05, 0) is 35.8 Å². The van der Waals surface area contributed by atoms with E-state index in [2.05, 4.69) is 37.6 Å². The molecule has 1 saturated carbocycles. The summed E-state index contributed by atoms with van der Waals surface area (Å²) in [6.07, 6.45) is 3.38. The smallest absolute Gasteiger partial charge is 0.162 e. The van der Waals surface area contributed by atoms with Gasteiger partial charge in [-0.25, -0.2) is 0 Å². The van der Waals surface area contributed by atoms with Crippen LogP contribution in [0.15, 0.2) is 17.0 Å². The number of ether oxygens (including phenoxy) is 2. The van der Waals surface area contributed by atoms with Crippen molar-refractivity contribution in [2.45, 2.75) is 37.8 Å². The van der Waals surface area contributed by atoms with Gasteiger partial charge >= 0.3 is 0 Å². The summed E-state index contributed by atoms with van der Waals surface area (Å²) in [6, 6.07) is 4.88. The van der Waals surface area contributed by atoms with Crippen LogP contribution in [0.5, 0.6) is 11.5 Å². The van der Waals surface area contributed by atoms with Crippen molar-refractivity contribution in [2.75, 3.05) is 19.5 Å². The molecule has 2 aliphatic rings. The molecule has 0 spiro atoms. The fourth-order valence-corrected chi connectivity index (χ4v) is 3.11. The first-order valence-electron chi connectivity index (χ1n) is 6.80. The molecular formula is C15H21NO2S. The number of hydrogen-bond donors (Lipinski definition) is 1. The molecule has 104 valence electrons. The monoisotopic (exact) mass is 279 g/mol. The van der Waals surface area contributed by atoms with Gasteiger partial charge in [0.05, 0.1) is 0 Å². The van der Waals surface area contributed by atoms with Crippen molar-refractivity contribution in [3.05, 3.63) is 17.7 Å². The minimum atomic E-state index is 0.466. The standard InChI is InChI=1S/C15H21NO2S/c1-15(2)8-14(15)16-9-10-6-11-12(7-13(10)19-3)18-5-4-17-11/h6-7,14,16H,4-5,8-9H2,1-3H3. The minimum absolute atomic E-state index is 0.466. The van der Waals surface area contributed by atoms with Gasteiger partial charge in [-0.3, -0.25) is 0 Å². The number of nitrogens with one attached hydrogen (secondary N) is 1. The maximum absolute atomic E-state index is 5.66. The van der Waals surface area contributed by atoms with Crippen molar-refractivity contribution < 1.29 is 9.47 Å². The average molecular weight is 279 g/mol. The van der Waals surface area contributed by atoms with E-state index < -0.39 is 0 Å². The van der Waals surface area contributed by atoms with Crippen molar-refractivity contribution in [2.24, 2.45) is 5.41 Å². The van der Waals surface area contributed by atoms with Crippen LogP contribution in [0, 0.1) is 5.41 Å². The van der Waals surface area contributed by atoms with Crippen LogP contribution in [0.2, 0.25) is 0 Å². The van der Waals surface area contributed by atoms with Gasteiger partial charge in [-0.2, -0.15) is 0 Å². The third-order valence-corrected chi connectivity index (χ3v) is 4.82. The van der Waals surface area contributed by atoms with Gasteiger partial charge in [0.25, 0.3) is 0 Å². The van der Waals surface area contributed by atoms with Gasteiger partial charge in [0.2, 0.25) is 0 Å². The highest BCUT2D eigenvalue weighted by atomic mass is 32.2. The van der Waals surface area contributed by atoms with E-state index in [9.17, 15) is 0 Å². The van der Waals surface area contributed by atoms with E-state index in [1.165, 1.54) is 16.9 Å². The fraction of sp³-hybridized carbons (Fsp3) is 0.600. The molecule has 0 bridgehead atoms. The molecule has 1 aromatic carbocycles. The summed E-state index contributed by atoms with van der Waals surface area (Å²) in [6.45, 7) is 6.82. The molecule has 1 aliphatic heterocycles. The topological polar surface area (TPSA) is 30.5 Å². The summed E-state index contributed by atoms with van der Waals surface area (Å²) >= 11 is 1.76. The number of benzene rings is 1. The van der Waals surface area contributed by atoms with E-state index in [1.807, 2.05) is 0 Å². The molecule has 1 N–H and O–H groups in total. The summed E-state index contributed by atoms with van der Waals surface area (Å²) in [5, 5.41) is 3.63. The molecule has 4 heteroatoms. The van der Waals surface area contributed by atoms with Crippen LogP contribution < -0.4 is 14.8 Å². The first kappa shape index (κ1) is 13.1. The summed E-state index contributed by atoms with van der Waals surface area (Å²) in [4.78, 5) is 1.27. The van der Waals surface area contributed by atoms with Crippen LogP contribution in [-0.4, -0.2) is 25.5 Å². The van der Waals surface area contributed by atoms with Gasteiger partial charge in [0.1, 0.15) is 13.2 Å². The molecule has 1 fully saturated rings. The van der Waals surface area contributed by atoms with Crippen molar-refractivity contribution in [3.63, 3.8) is 0 Å². The molecular weight excluding hydrogens is 258 g/mol. The first-order chi connectivity index (χ1) is 9.10. The van der Waals surface area contributed by atoms with Gasteiger partial charge in [-0.15, -0.1) is 11.8 Å². The zero-order chi connectivity index (χ0) is 13.5. The van der Waals surface area contributed by atoms with E-state index in [1.54, 1.807) is 11.8 Å². The summed E-state index contributed by atoms with van der Waals surface area (Å²) in [5.74, 6) is 1.77. The highest BCUT2D eigenvalue weighted by Gasteiger charge is 2.45. The van der Waals surface area contributed by atoms with Gasteiger partial charge < -0.3 is 14.8 Å². The van der Waals surface area contributed by atoms with Crippen LogP contribution in [0.25, 0.3) is 0 Å². The summed E-state index contributed by atoms with van der Waals surface area (Å²) < 4.78 is 11.3. The Hall–Kier alpha value is -0.870. The Kier molecular flexibility index (Phi) is 3.39. The van der Waals surface area contributed by atoms with Crippen molar-refractivity contribution in [1.82, 2.24) is 5.32 Å². The van der Waals surface area contributed by atoms with E-state index in [0.29, 0.717) is 24.7 Å². The number of thioether (sulfide) groups is 1. The second-order valence-corrected chi connectivity index (χ2v) is 6.78. The zero-order valence-electron chi connectivity index (χ0n) is 11.8. The van der Waals surface area contributed by atoms with Gasteiger partial charge in [0, 0.05) is 17.5 Å². The number of fused-ring (bicyclic) bond motifs is 1. The second kappa shape index (κ2) is 4.91. The maximum atomic E-state index is 5.66. The molecule has 1 atom stereocenters. The van der Waals surface area contributed by atoms with E-state index >= 15 is 0 Å². The Labute approximate surface area is 119 Å². The molecule has 0 radical (unpaired) electrons. The predicted molar refractivity (Wildman–Crippen MR) is 78.2 cm³/mol. The Morgan fingerprint density at radius 1 is 1.26 bits per heavy atom. The van der Waals surface area contributed by atoms with Crippen LogP contribution >= 0.6 is 11.8 Å². The number of hydrogen-bond acceptors (Lipinski definition) is 4. The van der Waals surface area contributed by atoms with Crippen LogP contribution in [0.1, 0.15) is 25.8 Å². The van der Waals surface area contributed by atoms with Crippen LogP contribution in [-0.2, 0) is 6.54 Å². The van der Waals surface area contributed by atoms with Crippen molar-refractivity contribution >= 4 is 11.8 Å². The largest absolute Gasteiger partial charge is 0.486 e. The lowest BCUT2D eigenvalue weighted by molar-refractivity contribution is 0.171. The molecule has 3 rings (SSSR count). The quantitative estimate of drug-likeness (QED) is 0.858. The highest BCUT2D eigenvalue weighted by molar-refractivity contribution is 7.98. The molecule has 1 unspecified atom stereocenters. The van der Waals surface area contributed by atoms with E-state index in [-0.39, 0.29) is 0 Å². The minimum Gasteiger partial charge on any atom is -0.486 e. The van der Waals surface area contributed by atoms with Crippen molar-refractivity contribution in [1.29, 1.82) is 0 Å². The lowest BCUT2D eigenvalue weighted by Gasteiger charge is -2.21. The van der Waals surface area contributed by atoms with E-state index in [4.69, 9.17) is 9.47 Å². The molecule has 0 amide bonds. The Bertz CT molecular complexity index is 487. The third kappa shape index (κ3) is 2.70. The molecule has 0 aromatic heterocycles. The normalized spacial score (nSPS) is 23.2. The number of rotatable bonds is 4. The van der Waals surface area contributed by atoms with E-state index in [0.717, 1.165) is 18.0 Å². The molecule has 3 nitrogen and oxygen atoms in total. The summed E-state index contributed by atoms with van der Waals surface area (Å²) in [5.41, 5.74) is 1.77. The Morgan fingerprint density at radius 2 is 1.89 bits per heavy atom. The lowest BCUT2D eigenvalue weighted by Crippen LogP contribution is -2.21. The van der Waals surface area contributed by atoms with Gasteiger partial charge in [-0.1, -0.05) is 13.8 Å². The van der Waals surface area contributed by atoms with Crippen LogP contribution in [0.4, 0.5) is 0 Å². The molecule has 1 aliphatic carbocycles. The zero-order valence-corrected chi connectivity index (χ0v) is 12.6. The predicted octanol–water partition coefficient (Wildman–Crippen LogP) is 3.07. The summed E-state index contributed by atoms with van der Waals surface area (Å²) in [7, 11) is 0. The second-order valence-electron chi connectivity index (χ2n) is 5.93. The fourth-order valence-electron chi connectivity index (χ4n) is 2.49. The third-order valence-electron chi connectivity index (χ3n) is 4.00. The first-order valence-corrected chi connectivity index (χ1v) is 8.02. The van der Waals surface area contributed by atoms with Crippen LogP contribution in [0.3, 0.4) is 0 Å². The maximum Gasteiger partial charge on any atom is 0.162 e. The lowest BCUT2D eigenvalue weighted by atomic mass is 10.1. The SMILES string of the molecule is CSc1cc2c(cc1CNC1CC1(C)C)OCCO2. The Balaban J connectivity index is 1.75.